The molecule has 2 N–H and O–H groups in total. The standard InChI is InChI=1S/C16H20N4/c1-2-7-20-15-6-4-3-5-12(15)18-14-9-13-11(8-16(14)20)10-17-19-13/h2,8-10,12,15,18H,1,3-7H2,(H,17,19)/t12-,15+/m1/s1. The lowest BCUT2D eigenvalue weighted by Gasteiger charge is -2.46. The molecule has 2 aliphatic rings. The molecule has 1 aromatic heterocycles. The van der Waals surface area contributed by atoms with Crippen molar-refractivity contribution in [3.05, 3.63) is 31.0 Å². The van der Waals surface area contributed by atoms with Gasteiger partial charge in [-0.3, -0.25) is 5.10 Å². The van der Waals surface area contributed by atoms with Crippen LogP contribution in [0.1, 0.15) is 25.7 Å². The number of nitrogens with zero attached hydrogens (tertiary/aromatic N) is 2. The normalized spacial score (nSPS) is 24.9. The number of nitrogens with one attached hydrogen (secondary N) is 2. The highest BCUT2D eigenvalue weighted by atomic mass is 15.2. The zero-order valence-electron chi connectivity index (χ0n) is 11.6. The quantitative estimate of drug-likeness (QED) is 0.821. The van der Waals surface area contributed by atoms with Crippen LogP contribution in [0.5, 0.6) is 0 Å². The van der Waals surface area contributed by atoms with Crippen LogP contribution in [0.15, 0.2) is 31.0 Å². The monoisotopic (exact) mass is 268 g/mol. The van der Waals surface area contributed by atoms with E-state index in [1.54, 1.807) is 0 Å². The Morgan fingerprint density at radius 2 is 2.25 bits per heavy atom. The fourth-order valence-electron chi connectivity index (χ4n) is 3.74. The Balaban J connectivity index is 1.84. The average Bonchev–Trinajstić information content (AvgIpc) is 2.92. The summed E-state index contributed by atoms with van der Waals surface area (Å²) in [6.45, 7) is 4.85. The van der Waals surface area contributed by atoms with Crippen molar-refractivity contribution in [1.29, 1.82) is 0 Å². The SMILES string of the molecule is C=CCN1c2cc3cn[nH]c3cc2N[C@@H]2CCCC[C@@H]21. The second-order valence-corrected chi connectivity index (χ2v) is 5.87. The lowest BCUT2D eigenvalue weighted by molar-refractivity contribution is 0.379. The predicted octanol–water partition coefficient (Wildman–Crippen LogP) is 3.29. The third kappa shape index (κ3) is 1.71. The molecule has 1 aromatic carbocycles. The number of aromatic nitrogens is 2. The van der Waals surface area contributed by atoms with Crippen LogP contribution in [0, 0.1) is 0 Å². The molecule has 2 atom stereocenters. The smallest absolute Gasteiger partial charge is 0.0672 e. The number of anilines is 2. The molecule has 1 saturated carbocycles. The van der Waals surface area contributed by atoms with Crippen molar-refractivity contribution in [1.82, 2.24) is 10.2 Å². The number of fused-ring (bicyclic) bond motifs is 3. The number of H-pyrrole nitrogens is 1. The highest BCUT2D eigenvalue weighted by Gasteiger charge is 2.35. The Morgan fingerprint density at radius 1 is 1.35 bits per heavy atom. The van der Waals surface area contributed by atoms with E-state index in [0.717, 1.165) is 12.1 Å². The Hall–Kier alpha value is -1.97. The Kier molecular flexibility index (Phi) is 2.69. The molecule has 0 amide bonds. The maximum absolute atomic E-state index is 4.14. The lowest BCUT2D eigenvalue weighted by atomic mass is 9.86. The molecule has 0 saturated heterocycles. The van der Waals surface area contributed by atoms with Crippen LogP contribution in [0.25, 0.3) is 10.9 Å². The number of hydrogen-bond acceptors (Lipinski definition) is 3. The molecule has 4 heteroatoms. The van der Waals surface area contributed by atoms with Crippen LogP contribution in [0.4, 0.5) is 11.4 Å². The van der Waals surface area contributed by atoms with E-state index in [9.17, 15) is 0 Å². The zero-order valence-corrected chi connectivity index (χ0v) is 11.6. The van der Waals surface area contributed by atoms with E-state index < -0.39 is 0 Å². The largest absolute Gasteiger partial charge is 0.379 e. The first-order chi connectivity index (χ1) is 9.86. The van der Waals surface area contributed by atoms with E-state index in [2.05, 4.69) is 39.1 Å². The van der Waals surface area contributed by atoms with Crippen LogP contribution in [-0.2, 0) is 0 Å². The molecule has 4 nitrogen and oxygen atoms in total. The van der Waals surface area contributed by atoms with E-state index >= 15 is 0 Å². The molecule has 1 fully saturated rings. The van der Waals surface area contributed by atoms with Crippen molar-refractivity contribution in [2.75, 3.05) is 16.8 Å². The molecule has 104 valence electrons. The van der Waals surface area contributed by atoms with Gasteiger partial charge in [-0.05, 0) is 25.0 Å². The molecule has 0 radical (unpaired) electrons. The van der Waals surface area contributed by atoms with Crippen molar-refractivity contribution in [2.24, 2.45) is 0 Å². The van der Waals surface area contributed by atoms with E-state index in [4.69, 9.17) is 0 Å². The van der Waals surface area contributed by atoms with Gasteiger partial charge in [-0.1, -0.05) is 18.9 Å². The summed E-state index contributed by atoms with van der Waals surface area (Å²) in [4.78, 5) is 2.52. The van der Waals surface area contributed by atoms with Gasteiger partial charge >= 0.3 is 0 Å². The number of benzene rings is 1. The van der Waals surface area contributed by atoms with Crippen molar-refractivity contribution in [3.8, 4) is 0 Å². The van der Waals surface area contributed by atoms with Crippen LogP contribution < -0.4 is 10.2 Å². The molecule has 4 rings (SSSR count). The molecule has 2 aromatic rings. The van der Waals surface area contributed by atoms with Gasteiger partial charge in [0.1, 0.15) is 0 Å². The van der Waals surface area contributed by atoms with Gasteiger partial charge in [0.15, 0.2) is 0 Å². The molecular formula is C16H20N4. The molecular weight excluding hydrogens is 248 g/mol. The number of rotatable bonds is 2. The zero-order chi connectivity index (χ0) is 13.5. The van der Waals surface area contributed by atoms with Crippen molar-refractivity contribution in [2.45, 2.75) is 37.8 Å². The second kappa shape index (κ2) is 4.54. The summed E-state index contributed by atoms with van der Waals surface area (Å²) in [6, 6.07) is 5.60. The summed E-state index contributed by atoms with van der Waals surface area (Å²) in [5.74, 6) is 0. The molecule has 1 aliphatic heterocycles. The first kappa shape index (κ1) is 11.8. The maximum atomic E-state index is 4.14. The summed E-state index contributed by atoms with van der Waals surface area (Å²) in [6.07, 6.45) is 9.11. The van der Waals surface area contributed by atoms with E-state index in [0.29, 0.717) is 12.1 Å². The summed E-state index contributed by atoms with van der Waals surface area (Å²) < 4.78 is 0. The first-order valence-corrected chi connectivity index (χ1v) is 7.48. The van der Waals surface area contributed by atoms with Crippen molar-refractivity contribution < 1.29 is 0 Å². The Bertz CT molecular complexity index is 645. The van der Waals surface area contributed by atoms with Crippen LogP contribution in [-0.4, -0.2) is 28.8 Å². The predicted molar refractivity (Wildman–Crippen MR) is 83.3 cm³/mol. The number of hydrogen-bond donors (Lipinski definition) is 2. The van der Waals surface area contributed by atoms with E-state index in [1.165, 1.54) is 42.4 Å². The van der Waals surface area contributed by atoms with Crippen molar-refractivity contribution in [3.63, 3.8) is 0 Å². The Morgan fingerprint density at radius 3 is 3.15 bits per heavy atom. The van der Waals surface area contributed by atoms with Gasteiger partial charge in [-0.2, -0.15) is 5.10 Å². The molecule has 0 unspecified atom stereocenters. The summed E-state index contributed by atoms with van der Waals surface area (Å²) in [5.41, 5.74) is 3.62. The van der Waals surface area contributed by atoms with Gasteiger partial charge in [0.2, 0.25) is 0 Å². The fourth-order valence-corrected chi connectivity index (χ4v) is 3.74. The van der Waals surface area contributed by atoms with Gasteiger partial charge < -0.3 is 10.2 Å². The van der Waals surface area contributed by atoms with E-state index in [-0.39, 0.29) is 0 Å². The minimum atomic E-state index is 0.566. The molecule has 0 bridgehead atoms. The summed E-state index contributed by atoms with van der Waals surface area (Å²) >= 11 is 0. The van der Waals surface area contributed by atoms with E-state index in [1.807, 2.05) is 12.3 Å². The molecule has 0 spiro atoms. The van der Waals surface area contributed by atoms with Gasteiger partial charge in [-0.15, -0.1) is 6.58 Å². The van der Waals surface area contributed by atoms with Crippen LogP contribution >= 0.6 is 0 Å². The third-order valence-electron chi connectivity index (χ3n) is 4.66. The maximum Gasteiger partial charge on any atom is 0.0672 e. The average molecular weight is 268 g/mol. The summed E-state index contributed by atoms with van der Waals surface area (Å²) in [5, 5.41) is 12.1. The topological polar surface area (TPSA) is 44.0 Å². The fraction of sp³-hybridized carbons (Fsp3) is 0.438. The van der Waals surface area contributed by atoms with Crippen LogP contribution in [0.2, 0.25) is 0 Å². The van der Waals surface area contributed by atoms with Crippen molar-refractivity contribution >= 4 is 22.3 Å². The highest BCUT2D eigenvalue weighted by Crippen LogP contribution is 2.40. The first-order valence-electron chi connectivity index (χ1n) is 7.48. The highest BCUT2D eigenvalue weighted by molar-refractivity contribution is 5.91. The summed E-state index contributed by atoms with van der Waals surface area (Å²) in [7, 11) is 0. The second-order valence-electron chi connectivity index (χ2n) is 5.87. The molecule has 1 aliphatic carbocycles. The molecule has 2 heterocycles. The van der Waals surface area contributed by atoms with Gasteiger partial charge in [-0.25, -0.2) is 0 Å². The minimum Gasteiger partial charge on any atom is -0.379 e. The van der Waals surface area contributed by atoms with Gasteiger partial charge in [0.25, 0.3) is 0 Å². The third-order valence-corrected chi connectivity index (χ3v) is 4.66. The van der Waals surface area contributed by atoms with Crippen LogP contribution in [0.3, 0.4) is 0 Å². The minimum absolute atomic E-state index is 0.566. The Labute approximate surface area is 118 Å². The van der Waals surface area contributed by atoms with Gasteiger partial charge in [0.05, 0.1) is 23.1 Å². The number of aromatic amines is 1. The van der Waals surface area contributed by atoms with Gasteiger partial charge in [0, 0.05) is 24.0 Å². The lowest BCUT2D eigenvalue weighted by Crippen LogP contribution is -2.52. The molecule has 20 heavy (non-hydrogen) atoms.